The van der Waals surface area contributed by atoms with Crippen molar-refractivity contribution in [2.45, 2.75) is 26.4 Å². The quantitative estimate of drug-likeness (QED) is 0.804. The van der Waals surface area contributed by atoms with Gasteiger partial charge in [0.25, 0.3) is 0 Å². The van der Waals surface area contributed by atoms with E-state index in [1.807, 2.05) is 0 Å². The van der Waals surface area contributed by atoms with Gasteiger partial charge in [0, 0.05) is 4.47 Å². The average Bonchev–Trinajstić information content (AvgIpc) is 2.13. The summed E-state index contributed by atoms with van der Waals surface area (Å²) in [7, 11) is 0. The highest BCUT2D eigenvalue weighted by molar-refractivity contribution is 9.10. The van der Waals surface area contributed by atoms with Crippen molar-refractivity contribution in [3.63, 3.8) is 0 Å². The Morgan fingerprint density at radius 2 is 2.06 bits per heavy atom. The summed E-state index contributed by atoms with van der Waals surface area (Å²) in [4.78, 5) is 11.3. The summed E-state index contributed by atoms with van der Waals surface area (Å²) >= 11 is 3.13. The van der Waals surface area contributed by atoms with Crippen molar-refractivity contribution in [1.82, 2.24) is 0 Å². The van der Waals surface area contributed by atoms with Crippen LogP contribution in [0.1, 0.15) is 20.8 Å². The summed E-state index contributed by atoms with van der Waals surface area (Å²) in [5.74, 6) is -1.03. The van der Waals surface area contributed by atoms with Gasteiger partial charge in [-0.2, -0.15) is 0 Å². The third-order valence-electron chi connectivity index (χ3n) is 1.66. The monoisotopic (exact) mass is 304 g/mol. The number of carbonyl (C=O) groups excluding carboxylic acids is 1. The Labute approximate surface area is 108 Å². The molecule has 1 aromatic carbocycles. The first kappa shape index (κ1) is 14.0. The van der Waals surface area contributed by atoms with E-state index >= 15 is 0 Å². The molecule has 17 heavy (non-hydrogen) atoms. The van der Waals surface area contributed by atoms with E-state index in [1.54, 1.807) is 26.8 Å². The lowest BCUT2D eigenvalue weighted by Gasteiger charge is -2.19. The molecule has 0 spiro atoms. The van der Waals surface area contributed by atoms with Crippen LogP contribution in [0.2, 0.25) is 0 Å². The predicted molar refractivity (Wildman–Crippen MR) is 65.4 cm³/mol. The molecule has 0 amide bonds. The van der Waals surface area contributed by atoms with Gasteiger partial charge in [0.1, 0.15) is 5.60 Å². The highest BCUT2D eigenvalue weighted by atomic mass is 79.9. The maximum atomic E-state index is 13.3. The van der Waals surface area contributed by atoms with Crippen LogP contribution in [0.4, 0.5) is 4.39 Å². The molecule has 0 unspecified atom stereocenters. The molecular weight excluding hydrogens is 291 g/mol. The van der Waals surface area contributed by atoms with E-state index < -0.39 is 17.4 Å². The van der Waals surface area contributed by atoms with Crippen molar-refractivity contribution in [3.8, 4) is 5.75 Å². The molecule has 0 heterocycles. The Bertz CT molecular complexity index is 413. The Morgan fingerprint density at radius 1 is 1.41 bits per heavy atom. The van der Waals surface area contributed by atoms with Crippen LogP contribution in [0.25, 0.3) is 0 Å². The number of hydrogen-bond acceptors (Lipinski definition) is 3. The molecule has 3 nitrogen and oxygen atoms in total. The van der Waals surface area contributed by atoms with E-state index in [2.05, 4.69) is 15.9 Å². The molecule has 0 radical (unpaired) electrons. The molecule has 0 aliphatic heterocycles. The molecule has 1 rings (SSSR count). The van der Waals surface area contributed by atoms with Crippen LogP contribution in [0.15, 0.2) is 22.7 Å². The molecule has 94 valence electrons. The van der Waals surface area contributed by atoms with Crippen LogP contribution in [0.5, 0.6) is 5.75 Å². The first-order valence-electron chi connectivity index (χ1n) is 5.07. The second-order valence-electron chi connectivity index (χ2n) is 4.45. The molecule has 0 saturated heterocycles. The summed E-state index contributed by atoms with van der Waals surface area (Å²) in [6, 6.07) is 4.35. The van der Waals surface area contributed by atoms with Crippen LogP contribution < -0.4 is 4.74 Å². The Hall–Kier alpha value is -1.10. The maximum absolute atomic E-state index is 13.3. The number of ether oxygens (including phenoxy) is 2. The Kier molecular flexibility index (Phi) is 4.51. The second kappa shape index (κ2) is 5.49. The Morgan fingerprint density at radius 3 is 2.59 bits per heavy atom. The van der Waals surface area contributed by atoms with Crippen LogP contribution in [0, 0.1) is 5.82 Å². The van der Waals surface area contributed by atoms with E-state index in [9.17, 15) is 9.18 Å². The van der Waals surface area contributed by atoms with E-state index in [1.165, 1.54) is 12.1 Å². The number of halogens is 2. The van der Waals surface area contributed by atoms with Crippen molar-refractivity contribution < 1.29 is 18.7 Å². The molecule has 0 aliphatic rings. The van der Waals surface area contributed by atoms with Gasteiger partial charge in [-0.25, -0.2) is 9.18 Å². The number of benzene rings is 1. The minimum atomic E-state index is -0.571. The largest absolute Gasteiger partial charge is 0.479 e. The number of carbonyl (C=O) groups is 1. The summed E-state index contributed by atoms with van der Waals surface area (Å²) in [6.45, 7) is 4.96. The van der Waals surface area contributed by atoms with Crippen LogP contribution in [-0.2, 0) is 9.53 Å². The zero-order valence-electron chi connectivity index (χ0n) is 9.92. The summed E-state index contributed by atoms with van der Waals surface area (Å²) < 4.78 is 24.0. The first-order chi connectivity index (χ1) is 7.78. The normalized spacial score (nSPS) is 11.1. The van der Waals surface area contributed by atoms with Crippen molar-refractivity contribution in [3.05, 3.63) is 28.5 Å². The van der Waals surface area contributed by atoms with Gasteiger partial charge in [-0.1, -0.05) is 15.9 Å². The highest BCUT2D eigenvalue weighted by Crippen LogP contribution is 2.21. The van der Waals surface area contributed by atoms with E-state index in [-0.39, 0.29) is 12.4 Å². The fourth-order valence-electron chi connectivity index (χ4n) is 1.10. The van der Waals surface area contributed by atoms with Crippen LogP contribution in [-0.4, -0.2) is 18.2 Å². The number of esters is 1. The SMILES string of the molecule is CC(C)(C)OC(=O)COc1ccc(Br)cc1F. The van der Waals surface area contributed by atoms with Crippen molar-refractivity contribution in [1.29, 1.82) is 0 Å². The fourth-order valence-corrected chi connectivity index (χ4v) is 1.43. The van der Waals surface area contributed by atoms with Gasteiger partial charge in [-0.3, -0.25) is 0 Å². The zero-order valence-corrected chi connectivity index (χ0v) is 11.5. The van der Waals surface area contributed by atoms with Gasteiger partial charge < -0.3 is 9.47 Å². The molecule has 1 aromatic rings. The molecular formula is C12H14BrFO3. The molecule has 0 saturated carbocycles. The topological polar surface area (TPSA) is 35.5 Å². The van der Waals surface area contributed by atoms with Gasteiger partial charge in [0.15, 0.2) is 18.2 Å². The van der Waals surface area contributed by atoms with Crippen molar-refractivity contribution in [2.24, 2.45) is 0 Å². The number of rotatable bonds is 3. The predicted octanol–water partition coefficient (Wildman–Crippen LogP) is 3.31. The van der Waals surface area contributed by atoms with Crippen LogP contribution in [0.3, 0.4) is 0 Å². The average molecular weight is 305 g/mol. The molecule has 0 bridgehead atoms. The first-order valence-corrected chi connectivity index (χ1v) is 5.87. The van der Waals surface area contributed by atoms with Crippen molar-refractivity contribution >= 4 is 21.9 Å². The number of hydrogen-bond donors (Lipinski definition) is 0. The van der Waals surface area contributed by atoms with Gasteiger partial charge in [0.2, 0.25) is 0 Å². The van der Waals surface area contributed by atoms with Crippen molar-refractivity contribution in [2.75, 3.05) is 6.61 Å². The maximum Gasteiger partial charge on any atom is 0.344 e. The van der Waals surface area contributed by atoms with Gasteiger partial charge in [-0.05, 0) is 39.0 Å². The zero-order chi connectivity index (χ0) is 13.1. The smallest absolute Gasteiger partial charge is 0.344 e. The molecule has 0 atom stereocenters. The minimum absolute atomic E-state index is 0.0269. The lowest BCUT2D eigenvalue weighted by atomic mass is 10.2. The highest BCUT2D eigenvalue weighted by Gasteiger charge is 2.17. The van der Waals surface area contributed by atoms with Gasteiger partial charge in [0.05, 0.1) is 0 Å². The lowest BCUT2D eigenvalue weighted by Crippen LogP contribution is -2.27. The molecule has 0 aliphatic carbocycles. The Balaban J connectivity index is 2.53. The lowest BCUT2D eigenvalue weighted by molar-refractivity contribution is -0.157. The second-order valence-corrected chi connectivity index (χ2v) is 5.37. The molecule has 0 fully saturated rings. The standard InChI is InChI=1S/C12H14BrFO3/c1-12(2,3)17-11(15)7-16-10-5-4-8(13)6-9(10)14/h4-6H,7H2,1-3H3. The van der Waals surface area contributed by atoms with E-state index in [0.29, 0.717) is 4.47 Å². The van der Waals surface area contributed by atoms with Gasteiger partial charge in [-0.15, -0.1) is 0 Å². The summed E-state index contributed by atoms with van der Waals surface area (Å²) in [5, 5.41) is 0. The molecule has 0 N–H and O–H groups in total. The third-order valence-corrected chi connectivity index (χ3v) is 2.15. The van der Waals surface area contributed by atoms with E-state index in [4.69, 9.17) is 9.47 Å². The van der Waals surface area contributed by atoms with Gasteiger partial charge >= 0.3 is 5.97 Å². The fraction of sp³-hybridized carbons (Fsp3) is 0.417. The summed E-state index contributed by atoms with van der Waals surface area (Å²) in [5.41, 5.74) is -0.571. The van der Waals surface area contributed by atoms with E-state index in [0.717, 1.165) is 0 Å². The minimum Gasteiger partial charge on any atom is -0.479 e. The van der Waals surface area contributed by atoms with Crippen LogP contribution >= 0.6 is 15.9 Å². The molecule has 0 aromatic heterocycles. The summed E-state index contributed by atoms with van der Waals surface area (Å²) in [6.07, 6.45) is 0. The molecule has 5 heteroatoms. The third kappa shape index (κ3) is 5.17.